The number of rotatable bonds is 6. The van der Waals surface area contributed by atoms with E-state index in [0.29, 0.717) is 13.0 Å². The number of nitrogens with zero attached hydrogens (tertiary/aromatic N) is 2. The van der Waals surface area contributed by atoms with Crippen LogP contribution in [0.4, 0.5) is 5.69 Å². The first-order valence-electron chi connectivity index (χ1n) is 9.96. The van der Waals surface area contributed by atoms with Gasteiger partial charge in [-0.3, -0.25) is 14.5 Å². The van der Waals surface area contributed by atoms with Crippen LogP contribution in [0.1, 0.15) is 52.8 Å². The number of benzene rings is 1. The van der Waals surface area contributed by atoms with E-state index >= 15 is 0 Å². The predicted octanol–water partition coefficient (Wildman–Crippen LogP) is 1.13. The normalized spacial score (nSPS) is 22.3. The molecule has 0 aromatic heterocycles. The highest BCUT2D eigenvalue weighted by Crippen LogP contribution is 2.32. The standard InChI is InChI=1S/C21H26N2O7/c1-29-20(27)13-9-14(21(28)30-2)11-16(10-13)23-18(25)12-17(19(23)26)22-7-4-3-5-15(22)6-8-24/h9-11,15,17,24H,3-8,12H2,1-2H3/t15-,17-/m1/s1. The van der Waals surface area contributed by atoms with Crippen molar-refractivity contribution in [3.05, 3.63) is 29.3 Å². The molecule has 0 saturated carbocycles. The fourth-order valence-electron chi connectivity index (χ4n) is 4.25. The Balaban J connectivity index is 1.95. The Kier molecular flexibility index (Phi) is 6.84. The number of aliphatic hydroxyl groups is 1. The number of anilines is 1. The van der Waals surface area contributed by atoms with E-state index in [0.717, 1.165) is 24.2 Å². The molecule has 2 atom stereocenters. The van der Waals surface area contributed by atoms with Gasteiger partial charge in [-0.2, -0.15) is 0 Å². The number of methoxy groups -OCH3 is 2. The minimum atomic E-state index is -0.698. The molecule has 3 rings (SSSR count). The van der Waals surface area contributed by atoms with E-state index in [1.54, 1.807) is 0 Å². The maximum absolute atomic E-state index is 13.2. The molecular formula is C21H26N2O7. The third-order valence-corrected chi connectivity index (χ3v) is 5.68. The van der Waals surface area contributed by atoms with E-state index in [4.69, 9.17) is 9.47 Å². The summed E-state index contributed by atoms with van der Waals surface area (Å²) in [6.07, 6.45) is 3.36. The molecule has 2 heterocycles. The van der Waals surface area contributed by atoms with Gasteiger partial charge in [0.15, 0.2) is 0 Å². The number of likely N-dealkylation sites (tertiary alicyclic amines) is 1. The Morgan fingerprint density at radius 1 is 1.07 bits per heavy atom. The van der Waals surface area contributed by atoms with Crippen molar-refractivity contribution in [1.29, 1.82) is 0 Å². The van der Waals surface area contributed by atoms with Gasteiger partial charge in [-0.25, -0.2) is 14.5 Å². The Morgan fingerprint density at radius 3 is 2.27 bits per heavy atom. The smallest absolute Gasteiger partial charge is 0.337 e. The SMILES string of the molecule is COC(=O)c1cc(C(=O)OC)cc(N2C(=O)C[C@@H](N3CCCC[C@@H]3CCO)C2=O)c1. The van der Waals surface area contributed by atoms with Crippen LogP contribution in [0.2, 0.25) is 0 Å². The van der Waals surface area contributed by atoms with Crippen molar-refractivity contribution >= 4 is 29.4 Å². The average Bonchev–Trinajstić information content (AvgIpc) is 3.06. The van der Waals surface area contributed by atoms with Crippen LogP contribution < -0.4 is 4.90 Å². The zero-order chi connectivity index (χ0) is 21.8. The van der Waals surface area contributed by atoms with E-state index < -0.39 is 29.8 Å². The number of aliphatic hydroxyl groups excluding tert-OH is 1. The first kappa shape index (κ1) is 21.9. The van der Waals surface area contributed by atoms with Crippen LogP contribution in [0.25, 0.3) is 0 Å². The zero-order valence-electron chi connectivity index (χ0n) is 17.1. The molecule has 1 N–H and O–H groups in total. The van der Waals surface area contributed by atoms with Crippen LogP contribution in [-0.4, -0.2) is 73.2 Å². The molecule has 9 nitrogen and oxygen atoms in total. The summed E-state index contributed by atoms with van der Waals surface area (Å²) >= 11 is 0. The van der Waals surface area contributed by atoms with Crippen molar-refractivity contribution in [1.82, 2.24) is 4.90 Å². The van der Waals surface area contributed by atoms with Crippen LogP contribution in [0.15, 0.2) is 18.2 Å². The first-order chi connectivity index (χ1) is 14.4. The predicted molar refractivity (Wildman–Crippen MR) is 106 cm³/mol. The third kappa shape index (κ3) is 4.22. The van der Waals surface area contributed by atoms with E-state index in [2.05, 4.69) is 0 Å². The Labute approximate surface area is 174 Å². The summed E-state index contributed by atoms with van der Waals surface area (Å²) < 4.78 is 9.44. The van der Waals surface area contributed by atoms with Crippen LogP contribution >= 0.6 is 0 Å². The molecule has 1 aromatic carbocycles. The van der Waals surface area contributed by atoms with Crippen molar-refractivity contribution in [2.24, 2.45) is 0 Å². The van der Waals surface area contributed by atoms with Gasteiger partial charge in [0.2, 0.25) is 5.91 Å². The molecule has 1 aromatic rings. The number of amides is 2. The molecule has 162 valence electrons. The summed E-state index contributed by atoms with van der Waals surface area (Å²) in [6, 6.07) is 3.43. The van der Waals surface area contributed by atoms with Gasteiger partial charge in [0.05, 0.1) is 43.5 Å². The Morgan fingerprint density at radius 2 is 1.70 bits per heavy atom. The lowest BCUT2D eigenvalue weighted by Gasteiger charge is -2.38. The molecule has 2 aliphatic heterocycles. The largest absolute Gasteiger partial charge is 0.465 e. The topological polar surface area (TPSA) is 113 Å². The number of ether oxygens (including phenoxy) is 2. The summed E-state index contributed by atoms with van der Waals surface area (Å²) in [6.45, 7) is 0.696. The summed E-state index contributed by atoms with van der Waals surface area (Å²) in [5.74, 6) is -2.20. The number of imide groups is 1. The van der Waals surface area contributed by atoms with Crippen molar-refractivity contribution < 1.29 is 33.8 Å². The number of hydrogen-bond acceptors (Lipinski definition) is 8. The van der Waals surface area contributed by atoms with Crippen LogP contribution in [0.5, 0.6) is 0 Å². The lowest BCUT2D eigenvalue weighted by molar-refractivity contribution is -0.124. The number of carbonyl (C=O) groups excluding carboxylic acids is 4. The molecule has 0 bridgehead atoms. The summed E-state index contributed by atoms with van der Waals surface area (Å²) in [5.41, 5.74) is 0.206. The van der Waals surface area contributed by atoms with Crippen LogP contribution in [-0.2, 0) is 19.1 Å². The van der Waals surface area contributed by atoms with Crippen LogP contribution in [0.3, 0.4) is 0 Å². The van der Waals surface area contributed by atoms with Crippen molar-refractivity contribution in [2.75, 3.05) is 32.3 Å². The molecule has 2 saturated heterocycles. The van der Waals surface area contributed by atoms with E-state index in [-0.39, 0.29) is 35.9 Å². The molecule has 0 aliphatic carbocycles. The highest BCUT2D eigenvalue weighted by Gasteiger charge is 2.45. The molecule has 2 amide bonds. The Bertz CT molecular complexity index is 818. The van der Waals surface area contributed by atoms with Crippen molar-refractivity contribution in [3.63, 3.8) is 0 Å². The highest BCUT2D eigenvalue weighted by atomic mass is 16.5. The second-order valence-corrected chi connectivity index (χ2v) is 7.44. The van der Waals surface area contributed by atoms with Gasteiger partial charge in [-0.15, -0.1) is 0 Å². The van der Waals surface area contributed by atoms with Gasteiger partial charge in [-0.1, -0.05) is 6.42 Å². The second-order valence-electron chi connectivity index (χ2n) is 7.44. The van der Waals surface area contributed by atoms with Gasteiger partial charge in [0.1, 0.15) is 0 Å². The average molecular weight is 418 g/mol. The molecule has 2 aliphatic rings. The molecule has 0 radical (unpaired) electrons. The first-order valence-corrected chi connectivity index (χ1v) is 9.96. The lowest BCUT2D eigenvalue weighted by Crippen LogP contribution is -2.50. The summed E-state index contributed by atoms with van der Waals surface area (Å²) in [4.78, 5) is 53.1. The van der Waals surface area contributed by atoms with Crippen LogP contribution in [0, 0.1) is 0 Å². The summed E-state index contributed by atoms with van der Waals surface area (Å²) in [7, 11) is 2.40. The fourth-order valence-corrected chi connectivity index (χ4v) is 4.25. The van der Waals surface area contributed by atoms with E-state index in [1.165, 1.54) is 32.4 Å². The monoisotopic (exact) mass is 418 g/mol. The highest BCUT2D eigenvalue weighted by molar-refractivity contribution is 6.23. The molecule has 30 heavy (non-hydrogen) atoms. The van der Waals surface area contributed by atoms with Gasteiger partial charge >= 0.3 is 11.9 Å². The maximum atomic E-state index is 13.2. The number of esters is 2. The molecular weight excluding hydrogens is 392 g/mol. The van der Waals surface area contributed by atoms with E-state index in [9.17, 15) is 24.3 Å². The Hall–Kier alpha value is -2.78. The number of piperidine rings is 1. The lowest BCUT2D eigenvalue weighted by atomic mass is 9.97. The zero-order valence-corrected chi connectivity index (χ0v) is 17.1. The van der Waals surface area contributed by atoms with Gasteiger partial charge < -0.3 is 14.6 Å². The maximum Gasteiger partial charge on any atom is 0.337 e. The third-order valence-electron chi connectivity index (χ3n) is 5.68. The van der Waals surface area contributed by atoms with Crippen molar-refractivity contribution in [3.8, 4) is 0 Å². The van der Waals surface area contributed by atoms with Gasteiger partial charge in [0, 0.05) is 12.6 Å². The summed E-state index contributed by atoms with van der Waals surface area (Å²) in [5, 5.41) is 9.36. The molecule has 9 heteroatoms. The van der Waals surface area contributed by atoms with E-state index in [1.807, 2.05) is 4.90 Å². The van der Waals surface area contributed by atoms with Gasteiger partial charge in [0.25, 0.3) is 5.91 Å². The minimum Gasteiger partial charge on any atom is -0.465 e. The number of hydrogen-bond donors (Lipinski definition) is 1. The fraction of sp³-hybridized carbons (Fsp3) is 0.524. The second kappa shape index (κ2) is 9.36. The quantitative estimate of drug-likeness (QED) is 0.540. The minimum absolute atomic E-state index is 0.0107. The molecule has 0 spiro atoms. The number of carbonyl (C=O) groups is 4. The van der Waals surface area contributed by atoms with Crippen molar-refractivity contribution in [2.45, 2.75) is 44.2 Å². The molecule has 0 unspecified atom stereocenters. The van der Waals surface area contributed by atoms with Gasteiger partial charge in [-0.05, 0) is 44.0 Å². The molecule has 2 fully saturated rings.